The second-order valence-electron chi connectivity index (χ2n) is 1.96. The van der Waals surface area contributed by atoms with Crippen molar-refractivity contribution in [2.45, 2.75) is 4.90 Å². The number of hydrogen-bond donors (Lipinski definition) is 0. The van der Waals surface area contributed by atoms with Gasteiger partial charge in [0.25, 0.3) is 0 Å². The van der Waals surface area contributed by atoms with Gasteiger partial charge in [0, 0.05) is 9.37 Å². The number of rotatable bonds is 1. The summed E-state index contributed by atoms with van der Waals surface area (Å²) in [4.78, 5) is 1.12. The first-order valence-corrected chi connectivity index (χ1v) is 5.03. The van der Waals surface area contributed by atoms with E-state index >= 15 is 0 Å². The van der Waals surface area contributed by atoms with E-state index in [1.165, 1.54) is 0 Å². The maximum atomic E-state index is 8.65. The van der Waals surface area contributed by atoms with E-state index in [4.69, 9.17) is 5.26 Å². The summed E-state index contributed by atoms with van der Waals surface area (Å²) < 4.78 is 0.859. The quantitative estimate of drug-likeness (QED) is 0.689. The standard InChI is InChI=1S/C8H6BrNS/c1-11-7-2-3-8(9)6(4-7)5-10/h2-4H,1H3. The van der Waals surface area contributed by atoms with E-state index in [1.807, 2.05) is 24.5 Å². The second kappa shape index (κ2) is 3.80. The molecule has 0 heterocycles. The van der Waals surface area contributed by atoms with E-state index in [2.05, 4.69) is 22.0 Å². The highest BCUT2D eigenvalue weighted by atomic mass is 79.9. The summed E-state index contributed by atoms with van der Waals surface area (Å²) in [5.41, 5.74) is 0.692. The Morgan fingerprint density at radius 2 is 2.27 bits per heavy atom. The minimum absolute atomic E-state index is 0.692. The van der Waals surface area contributed by atoms with Gasteiger partial charge in [0.05, 0.1) is 5.56 Å². The topological polar surface area (TPSA) is 23.8 Å². The highest BCUT2D eigenvalue weighted by Gasteiger charge is 1.98. The van der Waals surface area contributed by atoms with Gasteiger partial charge in [-0.05, 0) is 40.4 Å². The van der Waals surface area contributed by atoms with Crippen molar-refractivity contribution in [2.75, 3.05) is 6.26 Å². The highest BCUT2D eigenvalue weighted by Crippen LogP contribution is 2.22. The van der Waals surface area contributed by atoms with Crippen LogP contribution in [0.15, 0.2) is 27.6 Å². The molecule has 0 N–H and O–H groups in total. The van der Waals surface area contributed by atoms with Crippen LogP contribution in [0, 0.1) is 11.3 Å². The van der Waals surface area contributed by atoms with Crippen LogP contribution in [0.5, 0.6) is 0 Å². The van der Waals surface area contributed by atoms with Crippen molar-refractivity contribution in [3.63, 3.8) is 0 Å². The zero-order chi connectivity index (χ0) is 8.27. The van der Waals surface area contributed by atoms with E-state index in [0.29, 0.717) is 5.56 Å². The molecule has 1 nitrogen and oxygen atoms in total. The third kappa shape index (κ3) is 1.98. The molecular formula is C8H6BrNS. The van der Waals surface area contributed by atoms with E-state index in [-0.39, 0.29) is 0 Å². The van der Waals surface area contributed by atoms with Crippen LogP contribution >= 0.6 is 27.7 Å². The van der Waals surface area contributed by atoms with Gasteiger partial charge >= 0.3 is 0 Å². The van der Waals surface area contributed by atoms with Crippen molar-refractivity contribution in [1.29, 1.82) is 5.26 Å². The fourth-order valence-electron chi connectivity index (χ4n) is 0.717. The summed E-state index contributed by atoms with van der Waals surface area (Å²) in [6.07, 6.45) is 1.99. The van der Waals surface area contributed by atoms with Crippen LogP contribution in [0.4, 0.5) is 0 Å². The van der Waals surface area contributed by atoms with Gasteiger partial charge in [-0.15, -0.1) is 11.8 Å². The molecule has 0 bridgehead atoms. The minimum atomic E-state index is 0.692. The van der Waals surface area contributed by atoms with Gasteiger partial charge in [-0.1, -0.05) is 0 Å². The van der Waals surface area contributed by atoms with Crippen LogP contribution < -0.4 is 0 Å². The molecule has 11 heavy (non-hydrogen) atoms. The predicted molar refractivity (Wildman–Crippen MR) is 50.6 cm³/mol. The predicted octanol–water partition coefficient (Wildman–Crippen LogP) is 3.04. The van der Waals surface area contributed by atoms with Crippen molar-refractivity contribution < 1.29 is 0 Å². The smallest absolute Gasteiger partial charge is 0.100 e. The molecule has 3 heteroatoms. The van der Waals surface area contributed by atoms with Gasteiger partial charge in [-0.2, -0.15) is 5.26 Å². The molecule has 0 fully saturated rings. The summed E-state index contributed by atoms with van der Waals surface area (Å²) in [6.45, 7) is 0. The molecule has 56 valence electrons. The summed E-state index contributed by atoms with van der Waals surface area (Å²) >= 11 is 4.92. The molecule has 1 rings (SSSR count). The Bertz CT molecular complexity index is 303. The largest absolute Gasteiger partial charge is 0.192 e. The summed E-state index contributed by atoms with van der Waals surface area (Å²) in [7, 11) is 0. The SMILES string of the molecule is CSc1ccc(Br)c(C#N)c1. The normalized spacial score (nSPS) is 9.18. The van der Waals surface area contributed by atoms with Crippen LogP contribution in [0.1, 0.15) is 5.56 Å². The number of hydrogen-bond acceptors (Lipinski definition) is 2. The van der Waals surface area contributed by atoms with Crippen molar-refractivity contribution >= 4 is 27.7 Å². The van der Waals surface area contributed by atoms with Gasteiger partial charge in [0.15, 0.2) is 0 Å². The lowest BCUT2D eigenvalue weighted by Crippen LogP contribution is -1.77. The highest BCUT2D eigenvalue weighted by molar-refractivity contribution is 9.10. The molecule has 0 atom stereocenters. The minimum Gasteiger partial charge on any atom is -0.192 e. The number of thioether (sulfide) groups is 1. The molecule has 0 radical (unpaired) electrons. The van der Waals surface area contributed by atoms with Crippen LogP contribution in [0.2, 0.25) is 0 Å². The fourth-order valence-corrected chi connectivity index (χ4v) is 1.49. The first kappa shape index (κ1) is 8.63. The fraction of sp³-hybridized carbons (Fsp3) is 0.125. The zero-order valence-electron chi connectivity index (χ0n) is 5.97. The van der Waals surface area contributed by atoms with Crippen LogP contribution in [0.25, 0.3) is 0 Å². The van der Waals surface area contributed by atoms with E-state index in [0.717, 1.165) is 9.37 Å². The average molecular weight is 228 g/mol. The third-order valence-electron chi connectivity index (χ3n) is 1.29. The maximum absolute atomic E-state index is 8.65. The molecule has 0 amide bonds. The molecule has 1 aromatic rings. The van der Waals surface area contributed by atoms with E-state index in [1.54, 1.807) is 11.8 Å². The molecule has 0 aliphatic carbocycles. The van der Waals surface area contributed by atoms with Gasteiger partial charge in [0.2, 0.25) is 0 Å². The number of nitrogens with zero attached hydrogens (tertiary/aromatic N) is 1. The molecule has 0 aromatic heterocycles. The summed E-state index contributed by atoms with van der Waals surface area (Å²) in [5.74, 6) is 0. The first-order valence-electron chi connectivity index (χ1n) is 3.01. The monoisotopic (exact) mass is 227 g/mol. The average Bonchev–Trinajstić information content (AvgIpc) is 2.05. The molecule has 0 unspecified atom stereocenters. The van der Waals surface area contributed by atoms with Gasteiger partial charge < -0.3 is 0 Å². The van der Waals surface area contributed by atoms with Crippen LogP contribution in [-0.4, -0.2) is 6.26 Å². The Hall–Kier alpha value is -0.460. The Balaban J connectivity index is 3.15. The van der Waals surface area contributed by atoms with Crippen molar-refractivity contribution in [3.8, 4) is 6.07 Å². The van der Waals surface area contributed by atoms with Crippen molar-refractivity contribution in [2.24, 2.45) is 0 Å². The third-order valence-corrected chi connectivity index (χ3v) is 2.71. The molecule has 0 aliphatic rings. The van der Waals surface area contributed by atoms with E-state index < -0.39 is 0 Å². The Kier molecular flexibility index (Phi) is 2.98. The Morgan fingerprint density at radius 3 is 2.82 bits per heavy atom. The lowest BCUT2D eigenvalue weighted by molar-refractivity contribution is 1.38. The van der Waals surface area contributed by atoms with E-state index in [9.17, 15) is 0 Å². The lowest BCUT2D eigenvalue weighted by Gasteiger charge is -1.97. The summed E-state index contributed by atoms with van der Waals surface area (Å²) in [6, 6.07) is 7.85. The zero-order valence-corrected chi connectivity index (χ0v) is 8.37. The van der Waals surface area contributed by atoms with Gasteiger partial charge in [-0.25, -0.2) is 0 Å². The van der Waals surface area contributed by atoms with Crippen LogP contribution in [-0.2, 0) is 0 Å². The molecule has 0 aliphatic heterocycles. The number of halogens is 1. The lowest BCUT2D eigenvalue weighted by atomic mass is 10.2. The Morgan fingerprint density at radius 1 is 1.55 bits per heavy atom. The maximum Gasteiger partial charge on any atom is 0.100 e. The number of nitriles is 1. The van der Waals surface area contributed by atoms with Crippen molar-refractivity contribution in [3.05, 3.63) is 28.2 Å². The molecule has 0 spiro atoms. The molecule has 0 saturated carbocycles. The second-order valence-corrected chi connectivity index (χ2v) is 3.69. The number of benzene rings is 1. The first-order chi connectivity index (χ1) is 5.27. The molecule has 0 saturated heterocycles. The molecular weight excluding hydrogens is 222 g/mol. The Labute approximate surface area is 78.5 Å². The van der Waals surface area contributed by atoms with Crippen LogP contribution in [0.3, 0.4) is 0 Å². The van der Waals surface area contributed by atoms with Gasteiger partial charge in [0.1, 0.15) is 6.07 Å². The summed E-state index contributed by atoms with van der Waals surface area (Å²) in [5, 5.41) is 8.65. The van der Waals surface area contributed by atoms with Crippen molar-refractivity contribution in [1.82, 2.24) is 0 Å². The van der Waals surface area contributed by atoms with Gasteiger partial charge in [-0.3, -0.25) is 0 Å². The molecule has 1 aromatic carbocycles.